The van der Waals surface area contributed by atoms with Crippen LogP contribution < -0.4 is 5.73 Å². The van der Waals surface area contributed by atoms with Gasteiger partial charge in [0.15, 0.2) is 0 Å². The summed E-state index contributed by atoms with van der Waals surface area (Å²) in [6, 6.07) is 4.54. The Morgan fingerprint density at radius 3 is 2.75 bits per heavy atom. The number of nitrogens with two attached hydrogens (primary N) is 1. The molecule has 1 aromatic heterocycles. The Bertz CT molecular complexity index is 261. The first-order valence-corrected chi connectivity index (χ1v) is 4.55. The maximum atomic E-state index is 5.70. The molecule has 1 aliphatic carbocycles. The minimum atomic E-state index is 0.450. The van der Waals surface area contributed by atoms with Crippen molar-refractivity contribution in [2.24, 2.45) is 11.7 Å². The lowest BCUT2D eigenvalue weighted by Gasteiger charge is -2.31. The molecule has 2 nitrogen and oxygen atoms in total. The van der Waals surface area contributed by atoms with Crippen molar-refractivity contribution in [3.8, 4) is 0 Å². The molecule has 0 bridgehead atoms. The zero-order chi connectivity index (χ0) is 8.55. The van der Waals surface area contributed by atoms with E-state index in [0.717, 1.165) is 23.9 Å². The van der Waals surface area contributed by atoms with Crippen LogP contribution in [0.5, 0.6) is 0 Å². The monoisotopic (exact) mass is 165 g/mol. The van der Waals surface area contributed by atoms with Crippen molar-refractivity contribution >= 4 is 0 Å². The van der Waals surface area contributed by atoms with Crippen molar-refractivity contribution in [3.05, 3.63) is 23.7 Å². The summed E-state index contributed by atoms with van der Waals surface area (Å²) in [4.78, 5) is 0. The number of rotatable bonds is 2. The topological polar surface area (TPSA) is 39.2 Å². The highest BCUT2D eigenvalue weighted by Gasteiger charge is 2.26. The van der Waals surface area contributed by atoms with E-state index in [2.05, 4.69) is 6.07 Å². The van der Waals surface area contributed by atoms with Gasteiger partial charge in [0.05, 0.1) is 0 Å². The molecule has 0 radical (unpaired) electrons. The molecule has 0 atom stereocenters. The third-order valence-corrected chi connectivity index (χ3v) is 2.56. The smallest absolute Gasteiger partial charge is 0.104 e. The quantitative estimate of drug-likeness (QED) is 0.726. The number of furan rings is 1. The third-order valence-electron chi connectivity index (χ3n) is 2.56. The van der Waals surface area contributed by atoms with Crippen LogP contribution >= 0.6 is 0 Å². The van der Waals surface area contributed by atoms with Gasteiger partial charge < -0.3 is 10.2 Å². The maximum absolute atomic E-state index is 5.70. The second-order valence-corrected chi connectivity index (χ2v) is 3.81. The molecule has 0 aliphatic heterocycles. The fraction of sp³-hybridized carbons (Fsp3) is 0.600. The van der Waals surface area contributed by atoms with Crippen molar-refractivity contribution in [1.29, 1.82) is 0 Å². The molecule has 0 spiro atoms. The van der Waals surface area contributed by atoms with Crippen LogP contribution in [0.4, 0.5) is 0 Å². The van der Waals surface area contributed by atoms with Crippen molar-refractivity contribution in [3.63, 3.8) is 0 Å². The Morgan fingerprint density at radius 2 is 2.25 bits per heavy atom. The van der Waals surface area contributed by atoms with Crippen LogP contribution in [0.2, 0.25) is 0 Å². The van der Waals surface area contributed by atoms with Gasteiger partial charge in [-0.3, -0.25) is 0 Å². The Morgan fingerprint density at radius 1 is 1.50 bits per heavy atom. The lowest BCUT2D eigenvalue weighted by molar-refractivity contribution is 0.250. The van der Waals surface area contributed by atoms with Crippen LogP contribution in [0.3, 0.4) is 0 Å². The zero-order valence-corrected chi connectivity index (χ0v) is 7.42. The minimum absolute atomic E-state index is 0.450. The highest BCUT2D eigenvalue weighted by atomic mass is 16.3. The molecular weight excluding hydrogens is 150 g/mol. The SMILES string of the molecule is Cc1ccc(CC2CC(N)C2)o1. The van der Waals surface area contributed by atoms with E-state index in [9.17, 15) is 0 Å². The van der Waals surface area contributed by atoms with Crippen LogP contribution in [-0.4, -0.2) is 6.04 Å². The number of hydrogen-bond donors (Lipinski definition) is 1. The molecule has 0 aromatic carbocycles. The molecule has 1 saturated carbocycles. The molecule has 66 valence electrons. The first-order valence-electron chi connectivity index (χ1n) is 4.55. The van der Waals surface area contributed by atoms with E-state index in [-0.39, 0.29) is 0 Å². The molecule has 2 heteroatoms. The summed E-state index contributed by atoms with van der Waals surface area (Å²) in [6.07, 6.45) is 3.40. The summed E-state index contributed by atoms with van der Waals surface area (Å²) in [5.74, 6) is 2.89. The molecule has 2 rings (SSSR count). The molecule has 1 aliphatic rings. The van der Waals surface area contributed by atoms with Gasteiger partial charge in [-0.1, -0.05) is 0 Å². The van der Waals surface area contributed by atoms with Crippen LogP contribution in [-0.2, 0) is 6.42 Å². The van der Waals surface area contributed by atoms with Crippen molar-refractivity contribution in [2.45, 2.75) is 32.2 Å². The van der Waals surface area contributed by atoms with E-state index in [0.29, 0.717) is 6.04 Å². The van der Waals surface area contributed by atoms with Gasteiger partial charge in [-0.25, -0.2) is 0 Å². The lowest BCUT2D eigenvalue weighted by atomic mass is 9.78. The van der Waals surface area contributed by atoms with Crippen molar-refractivity contribution < 1.29 is 4.42 Å². The average Bonchev–Trinajstić information content (AvgIpc) is 2.33. The summed E-state index contributed by atoms with van der Waals surface area (Å²) in [7, 11) is 0. The van der Waals surface area contributed by atoms with Crippen LogP contribution in [0.15, 0.2) is 16.5 Å². The number of hydrogen-bond acceptors (Lipinski definition) is 2. The van der Waals surface area contributed by atoms with Crippen LogP contribution in [0.1, 0.15) is 24.4 Å². The summed E-state index contributed by atoms with van der Waals surface area (Å²) in [5, 5.41) is 0. The minimum Gasteiger partial charge on any atom is -0.466 e. The van der Waals surface area contributed by atoms with E-state index >= 15 is 0 Å². The molecule has 0 saturated heterocycles. The molecule has 0 amide bonds. The second kappa shape index (κ2) is 2.94. The molecule has 2 N–H and O–H groups in total. The predicted octanol–water partition coefficient (Wildman–Crippen LogP) is 1.87. The Hall–Kier alpha value is -0.760. The predicted molar refractivity (Wildman–Crippen MR) is 47.8 cm³/mol. The summed E-state index contributed by atoms with van der Waals surface area (Å²) < 4.78 is 5.48. The maximum Gasteiger partial charge on any atom is 0.104 e. The van der Waals surface area contributed by atoms with Gasteiger partial charge in [0.2, 0.25) is 0 Å². The Labute approximate surface area is 72.7 Å². The van der Waals surface area contributed by atoms with Gasteiger partial charge in [-0.15, -0.1) is 0 Å². The largest absolute Gasteiger partial charge is 0.466 e. The molecular formula is C10H15NO. The molecule has 0 unspecified atom stereocenters. The first-order chi connectivity index (χ1) is 5.74. The average molecular weight is 165 g/mol. The fourth-order valence-corrected chi connectivity index (χ4v) is 1.83. The van der Waals surface area contributed by atoms with Gasteiger partial charge in [0.25, 0.3) is 0 Å². The van der Waals surface area contributed by atoms with E-state index in [4.69, 9.17) is 10.2 Å². The van der Waals surface area contributed by atoms with Gasteiger partial charge >= 0.3 is 0 Å². The molecule has 1 aromatic rings. The van der Waals surface area contributed by atoms with Crippen LogP contribution in [0.25, 0.3) is 0 Å². The van der Waals surface area contributed by atoms with Gasteiger partial charge in [-0.2, -0.15) is 0 Å². The molecule has 12 heavy (non-hydrogen) atoms. The van der Waals surface area contributed by atoms with E-state index < -0.39 is 0 Å². The highest BCUT2D eigenvalue weighted by molar-refractivity contribution is 5.07. The van der Waals surface area contributed by atoms with E-state index in [1.165, 1.54) is 12.8 Å². The standard InChI is InChI=1S/C10H15NO/c1-7-2-3-10(12-7)6-8-4-9(11)5-8/h2-3,8-9H,4-6,11H2,1H3. The normalized spacial score (nSPS) is 28.5. The van der Waals surface area contributed by atoms with E-state index in [1.807, 2.05) is 13.0 Å². The Kier molecular flexibility index (Phi) is 1.93. The summed E-state index contributed by atoms with van der Waals surface area (Å²) >= 11 is 0. The first kappa shape index (κ1) is 7.87. The summed E-state index contributed by atoms with van der Waals surface area (Å²) in [6.45, 7) is 1.98. The van der Waals surface area contributed by atoms with Gasteiger partial charge in [-0.05, 0) is 37.8 Å². The van der Waals surface area contributed by atoms with E-state index in [1.54, 1.807) is 0 Å². The zero-order valence-electron chi connectivity index (χ0n) is 7.42. The molecule has 1 fully saturated rings. The van der Waals surface area contributed by atoms with Crippen LogP contribution in [0, 0.1) is 12.8 Å². The van der Waals surface area contributed by atoms with Gasteiger partial charge in [0.1, 0.15) is 11.5 Å². The fourth-order valence-electron chi connectivity index (χ4n) is 1.83. The third kappa shape index (κ3) is 1.53. The van der Waals surface area contributed by atoms with Crippen molar-refractivity contribution in [1.82, 2.24) is 0 Å². The second-order valence-electron chi connectivity index (χ2n) is 3.81. The van der Waals surface area contributed by atoms with Crippen molar-refractivity contribution in [2.75, 3.05) is 0 Å². The van der Waals surface area contributed by atoms with Gasteiger partial charge in [0, 0.05) is 12.5 Å². The Balaban J connectivity index is 1.88. The molecule has 1 heterocycles. The number of aryl methyl sites for hydroxylation is 1. The summed E-state index contributed by atoms with van der Waals surface area (Å²) in [5.41, 5.74) is 5.70. The highest BCUT2D eigenvalue weighted by Crippen LogP contribution is 2.29. The lowest BCUT2D eigenvalue weighted by Crippen LogP contribution is -2.37.